The molecule has 2 heterocycles. The molecule has 41 heavy (non-hydrogen) atoms. The summed E-state index contributed by atoms with van der Waals surface area (Å²) in [6.45, 7) is 7.12. The maximum atomic E-state index is 14.4. The lowest BCUT2D eigenvalue weighted by Gasteiger charge is -2.38. The fourth-order valence-electron chi connectivity index (χ4n) is 4.57. The Balaban J connectivity index is 1.95. The molecular weight excluding hydrogens is 562 g/mol. The van der Waals surface area contributed by atoms with Crippen molar-refractivity contribution in [2.75, 3.05) is 6.54 Å². The quantitative estimate of drug-likeness (QED) is 0.343. The highest BCUT2D eigenvalue weighted by atomic mass is 19.4. The van der Waals surface area contributed by atoms with Gasteiger partial charge in [0.05, 0.1) is 18.3 Å². The van der Waals surface area contributed by atoms with E-state index in [2.05, 4.69) is 10.3 Å². The maximum absolute atomic E-state index is 14.4. The summed E-state index contributed by atoms with van der Waals surface area (Å²) < 4.78 is 89.0. The van der Waals surface area contributed by atoms with Crippen LogP contribution in [-0.4, -0.2) is 55.7 Å². The molecule has 2 aromatic rings. The summed E-state index contributed by atoms with van der Waals surface area (Å²) in [5.74, 6) is -8.23. The van der Waals surface area contributed by atoms with Crippen LogP contribution in [0.3, 0.4) is 0 Å². The molecule has 3 rings (SSSR count). The summed E-state index contributed by atoms with van der Waals surface area (Å²) in [4.78, 5) is 42.1. The third-order valence-electron chi connectivity index (χ3n) is 6.37. The van der Waals surface area contributed by atoms with E-state index in [1.165, 1.54) is 0 Å². The Morgan fingerprint density at radius 1 is 1.10 bits per heavy atom. The first kappa shape index (κ1) is 31.7. The van der Waals surface area contributed by atoms with Gasteiger partial charge in [-0.2, -0.15) is 13.2 Å². The van der Waals surface area contributed by atoms with Crippen LogP contribution in [0.5, 0.6) is 0 Å². The summed E-state index contributed by atoms with van der Waals surface area (Å²) in [7, 11) is 0. The van der Waals surface area contributed by atoms with Crippen LogP contribution in [-0.2, 0) is 28.7 Å². The van der Waals surface area contributed by atoms with Gasteiger partial charge in [-0.3, -0.25) is 4.79 Å². The summed E-state index contributed by atoms with van der Waals surface area (Å²) in [5.41, 5.74) is -2.48. The molecule has 0 spiro atoms. The van der Waals surface area contributed by atoms with Gasteiger partial charge >= 0.3 is 18.2 Å². The number of amides is 2. The zero-order chi connectivity index (χ0) is 31.0. The molecule has 1 aliphatic heterocycles. The Bertz CT molecular complexity index is 1340. The average molecular weight is 593 g/mol. The van der Waals surface area contributed by atoms with Crippen molar-refractivity contribution in [2.45, 2.75) is 77.9 Å². The zero-order valence-electron chi connectivity index (χ0n) is 22.9. The van der Waals surface area contributed by atoms with Crippen LogP contribution < -0.4 is 5.32 Å². The molecular formula is C26H30F6N4O5. The number of alkyl halides is 3. The fourth-order valence-corrected chi connectivity index (χ4v) is 4.57. The number of benzene rings is 1. The van der Waals surface area contributed by atoms with Crippen molar-refractivity contribution in [1.29, 1.82) is 0 Å². The van der Waals surface area contributed by atoms with Gasteiger partial charge in [0.25, 0.3) is 0 Å². The van der Waals surface area contributed by atoms with Gasteiger partial charge in [0, 0.05) is 25.1 Å². The molecule has 0 bridgehead atoms. The number of aromatic nitrogens is 2. The first-order valence-electron chi connectivity index (χ1n) is 12.6. The van der Waals surface area contributed by atoms with E-state index < -0.39 is 96.1 Å². The number of ether oxygens (including phenoxy) is 1. The molecule has 2 N–H and O–H groups in total. The summed E-state index contributed by atoms with van der Waals surface area (Å²) in [6, 6.07) is -1.31. The highest BCUT2D eigenvalue weighted by molar-refractivity contribution is 5.87. The highest BCUT2D eigenvalue weighted by Crippen LogP contribution is 2.38. The molecule has 2 amide bonds. The number of nitrogens with zero attached hydrogens (tertiary/aromatic N) is 3. The van der Waals surface area contributed by atoms with Crippen molar-refractivity contribution in [3.05, 3.63) is 52.4 Å². The topological polar surface area (TPSA) is 114 Å². The highest BCUT2D eigenvalue weighted by Gasteiger charge is 2.45. The predicted molar refractivity (Wildman–Crippen MR) is 131 cm³/mol. The molecule has 15 heteroatoms. The van der Waals surface area contributed by atoms with Gasteiger partial charge < -0.3 is 24.6 Å². The number of nitrogens with one attached hydrogen (secondary N) is 1. The number of aromatic carboxylic acids is 1. The number of hydrogen-bond acceptors (Lipinski definition) is 5. The second-order valence-corrected chi connectivity index (χ2v) is 11.1. The Hall–Kier alpha value is -3.78. The Morgan fingerprint density at radius 2 is 1.71 bits per heavy atom. The van der Waals surface area contributed by atoms with E-state index >= 15 is 0 Å². The van der Waals surface area contributed by atoms with Crippen LogP contribution in [0.15, 0.2) is 12.1 Å². The lowest BCUT2D eigenvalue weighted by atomic mass is 9.98. The average Bonchev–Trinajstić information content (AvgIpc) is 3.21. The van der Waals surface area contributed by atoms with Crippen molar-refractivity contribution in [3.63, 3.8) is 0 Å². The van der Waals surface area contributed by atoms with Crippen molar-refractivity contribution >= 4 is 18.0 Å². The van der Waals surface area contributed by atoms with Gasteiger partial charge in [-0.15, -0.1) is 0 Å². The van der Waals surface area contributed by atoms with Crippen LogP contribution >= 0.6 is 0 Å². The van der Waals surface area contributed by atoms with E-state index in [9.17, 15) is 45.8 Å². The number of imidazole rings is 1. The minimum absolute atomic E-state index is 0.249. The summed E-state index contributed by atoms with van der Waals surface area (Å²) in [6.07, 6.45) is -6.96. The number of hydrogen-bond donors (Lipinski definition) is 2. The number of halogens is 6. The molecule has 0 saturated carbocycles. The van der Waals surface area contributed by atoms with Crippen LogP contribution in [0.4, 0.5) is 31.1 Å². The largest absolute Gasteiger partial charge is 0.476 e. The number of alkyl carbamates (subject to hydrolysis) is 1. The zero-order valence-corrected chi connectivity index (χ0v) is 22.9. The van der Waals surface area contributed by atoms with Crippen molar-refractivity contribution in [2.24, 2.45) is 5.92 Å². The second-order valence-electron chi connectivity index (χ2n) is 11.1. The van der Waals surface area contributed by atoms with Crippen LogP contribution in [0.25, 0.3) is 0 Å². The number of carboxylic acid groups (broad SMARTS) is 1. The smallest absolute Gasteiger partial charge is 0.449 e. The second kappa shape index (κ2) is 11.6. The molecule has 226 valence electrons. The Morgan fingerprint density at radius 3 is 2.24 bits per heavy atom. The van der Waals surface area contributed by atoms with E-state index in [1.807, 2.05) is 0 Å². The number of carboxylic acids is 1. The predicted octanol–water partition coefficient (Wildman–Crippen LogP) is 5.08. The van der Waals surface area contributed by atoms with E-state index in [0.29, 0.717) is 12.1 Å². The monoisotopic (exact) mass is 592 g/mol. The molecule has 0 radical (unpaired) electrons. The van der Waals surface area contributed by atoms with Crippen LogP contribution in [0, 0.1) is 23.4 Å². The van der Waals surface area contributed by atoms with Gasteiger partial charge in [-0.25, -0.2) is 27.7 Å². The first-order chi connectivity index (χ1) is 18.8. The number of carbonyl (C=O) groups excluding carboxylic acids is 2. The van der Waals surface area contributed by atoms with E-state index in [-0.39, 0.29) is 17.8 Å². The van der Waals surface area contributed by atoms with Gasteiger partial charge in [0.2, 0.25) is 11.7 Å². The normalized spacial score (nSPS) is 16.4. The molecule has 1 unspecified atom stereocenters. The molecule has 1 aromatic heterocycles. The van der Waals surface area contributed by atoms with Gasteiger partial charge in [0.15, 0.2) is 17.3 Å². The number of fused-ring (bicyclic) bond motifs is 1. The van der Waals surface area contributed by atoms with E-state index in [4.69, 9.17) is 4.74 Å². The minimum Gasteiger partial charge on any atom is -0.476 e. The SMILES string of the molecule is CC(C)[C@@H]1CN(C(=O)CC(Cc2cc(F)c(F)cc2F)NC(=O)OC(C)(C)C)Cc2c(C(=O)O)nc(C(F)(F)F)n21. The third-order valence-corrected chi connectivity index (χ3v) is 6.37. The van der Waals surface area contributed by atoms with Gasteiger partial charge in [0.1, 0.15) is 11.4 Å². The van der Waals surface area contributed by atoms with E-state index in [1.54, 1.807) is 34.6 Å². The molecule has 1 aromatic carbocycles. The molecule has 9 nitrogen and oxygen atoms in total. The lowest BCUT2D eigenvalue weighted by molar-refractivity contribution is -0.149. The Kier molecular flexibility index (Phi) is 8.99. The molecule has 2 atom stereocenters. The van der Waals surface area contributed by atoms with Gasteiger partial charge in [-0.1, -0.05) is 13.8 Å². The molecule has 0 saturated heterocycles. The van der Waals surface area contributed by atoms with Crippen LogP contribution in [0.2, 0.25) is 0 Å². The number of carbonyl (C=O) groups is 3. The van der Waals surface area contributed by atoms with Crippen molar-refractivity contribution in [1.82, 2.24) is 19.8 Å². The van der Waals surface area contributed by atoms with Gasteiger partial charge in [-0.05, 0) is 44.7 Å². The lowest BCUT2D eigenvalue weighted by Crippen LogP contribution is -2.47. The Labute approximate surface area is 231 Å². The minimum atomic E-state index is -4.96. The fraction of sp³-hybridized carbons (Fsp3) is 0.538. The van der Waals surface area contributed by atoms with E-state index in [0.717, 1.165) is 9.47 Å². The van der Waals surface area contributed by atoms with Crippen LogP contribution in [0.1, 0.15) is 74.7 Å². The number of rotatable bonds is 7. The maximum Gasteiger partial charge on any atom is 0.449 e. The van der Waals surface area contributed by atoms with Crippen molar-refractivity contribution < 1.29 is 50.6 Å². The molecule has 0 aliphatic carbocycles. The molecule has 1 aliphatic rings. The standard InChI is InChI=1S/C26H30F6N4O5/c1-12(2)18-10-35(11-19-21(22(38)39)34-23(36(18)19)26(30,31)32)20(37)8-14(33-24(40)41-25(3,4)5)6-13-7-16(28)17(29)9-15(13)27/h7,9,12,14,18H,6,8,10-11H2,1-5H3,(H,33,40)(H,38,39)/t14?,18-/m0/s1. The molecule has 0 fully saturated rings. The summed E-state index contributed by atoms with van der Waals surface area (Å²) in [5, 5.41) is 11.9. The summed E-state index contributed by atoms with van der Waals surface area (Å²) >= 11 is 0. The third kappa shape index (κ3) is 7.50. The van der Waals surface area contributed by atoms with Crippen molar-refractivity contribution in [3.8, 4) is 0 Å². The first-order valence-corrected chi connectivity index (χ1v) is 12.6.